The van der Waals surface area contributed by atoms with Crippen molar-refractivity contribution in [3.05, 3.63) is 54.0 Å². The SMILES string of the molecule is COC(=O)c1cccc2c1cc(C(C(=O)OC)C(=O)OC)n2-c1ncccn1. The van der Waals surface area contributed by atoms with Gasteiger partial charge in [0, 0.05) is 17.8 Å². The number of nitrogens with zero attached hydrogens (tertiary/aromatic N) is 3. The van der Waals surface area contributed by atoms with E-state index >= 15 is 0 Å². The fourth-order valence-electron chi connectivity index (χ4n) is 2.95. The van der Waals surface area contributed by atoms with E-state index in [0.717, 1.165) is 0 Å². The molecule has 1 aromatic carbocycles. The molecule has 0 saturated heterocycles. The van der Waals surface area contributed by atoms with E-state index in [2.05, 4.69) is 9.97 Å². The Labute approximate surface area is 159 Å². The van der Waals surface area contributed by atoms with E-state index in [1.54, 1.807) is 24.3 Å². The van der Waals surface area contributed by atoms with Crippen LogP contribution in [0.5, 0.6) is 0 Å². The third-order valence-corrected chi connectivity index (χ3v) is 4.20. The van der Waals surface area contributed by atoms with Crippen LogP contribution < -0.4 is 0 Å². The standard InChI is InChI=1S/C19H17N3O6/c1-26-16(23)11-6-4-7-13-12(11)10-14(15(17(24)27-2)18(25)28-3)22(13)19-20-8-5-9-21-19/h4-10,15H,1-3H3. The number of methoxy groups -OCH3 is 3. The number of rotatable bonds is 5. The molecule has 3 aromatic rings. The lowest BCUT2D eigenvalue weighted by molar-refractivity contribution is -0.154. The lowest BCUT2D eigenvalue weighted by Crippen LogP contribution is -2.26. The van der Waals surface area contributed by atoms with Gasteiger partial charge in [-0.1, -0.05) is 6.07 Å². The zero-order valence-corrected chi connectivity index (χ0v) is 15.4. The van der Waals surface area contributed by atoms with Gasteiger partial charge in [0.15, 0.2) is 5.92 Å². The van der Waals surface area contributed by atoms with Crippen LogP contribution in [-0.4, -0.2) is 53.8 Å². The molecule has 0 aliphatic rings. The van der Waals surface area contributed by atoms with Crippen molar-refractivity contribution in [1.82, 2.24) is 14.5 Å². The number of carbonyl (C=O) groups is 3. The number of hydrogen-bond acceptors (Lipinski definition) is 8. The molecule has 0 spiro atoms. The van der Waals surface area contributed by atoms with Crippen molar-refractivity contribution < 1.29 is 28.6 Å². The summed E-state index contributed by atoms with van der Waals surface area (Å²) in [6, 6.07) is 8.12. The van der Waals surface area contributed by atoms with E-state index in [9.17, 15) is 14.4 Å². The summed E-state index contributed by atoms with van der Waals surface area (Å²) in [7, 11) is 3.61. The third kappa shape index (κ3) is 3.18. The molecule has 0 fully saturated rings. The Balaban J connectivity index is 2.39. The monoisotopic (exact) mass is 383 g/mol. The Morgan fingerprint density at radius 1 is 0.929 bits per heavy atom. The first-order chi connectivity index (χ1) is 13.5. The van der Waals surface area contributed by atoms with Crippen LogP contribution in [0.15, 0.2) is 42.7 Å². The largest absolute Gasteiger partial charge is 0.468 e. The van der Waals surface area contributed by atoms with Crippen LogP contribution in [0.4, 0.5) is 0 Å². The van der Waals surface area contributed by atoms with E-state index in [0.29, 0.717) is 10.9 Å². The van der Waals surface area contributed by atoms with Gasteiger partial charge in [-0.05, 0) is 24.3 Å². The highest BCUT2D eigenvalue weighted by Crippen LogP contribution is 2.31. The van der Waals surface area contributed by atoms with Crippen LogP contribution >= 0.6 is 0 Å². The number of benzene rings is 1. The summed E-state index contributed by atoms with van der Waals surface area (Å²) < 4.78 is 15.9. The van der Waals surface area contributed by atoms with Gasteiger partial charge >= 0.3 is 17.9 Å². The predicted octanol–water partition coefficient (Wildman–Crippen LogP) is 1.64. The van der Waals surface area contributed by atoms with Crippen molar-refractivity contribution in [2.24, 2.45) is 0 Å². The van der Waals surface area contributed by atoms with Crippen molar-refractivity contribution in [2.45, 2.75) is 5.92 Å². The fourth-order valence-corrected chi connectivity index (χ4v) is 2.95. The molecule has 0 N–H and O–H groups in total. The number of esters is 3. The first kappa shape index (κ1) is 19.0. The van der Waals surface area contributed by atoms with Crippen LogP contribution in [0, 0.1) is 0 Å². The second-order valence-electron chi connectivity index (χ2n) is 5.66. The summed E-state index contributed by atoms with van der Waals surface area (Å²) in [5, 5.41) is 0.467. The Morgan fingerprint density at radius 3 is 2.14 bits per heavy atom. The van der Waals surface area contributed by atoms with E-state index in [4.69, 9.17) is 14.2 Å². The van der Waals surface area contributed by atoms with Gasteiger partial charge in [0.05, 0.1) is 38.1 Å². The molecule has 0 atom stereocenters. The summed E-state index contributed by atoms with van der Waals surface area (Å²) in [6.45, 7) is 0. The van der Waals surface area contributed by atoms with Crippen molar-refractivity contribution >= 4 is 28.8 Å². The molecule has 144 valence electrons. The van der Waals surface area contributed by atoms with Crippen LogP contribution in [0.25, 0.3) is 16.9 Å². The van der Waals surface area contributed by atoms with Gasteiger partial charge in [-0.3, -0.25) is 14.2 Å². The molecule has 0 unspecified atom stereocenters. The highest BCUT2D eigenvalue weighted by Gasteiger charge is 2.35. The maximum atomic E-state index is 12.4. The Kier molecular flexibility index (Phi) is 5.35. The van der Waals surface area contributed by atoms with Gasteiger partial charge in [-0.2, -0.15) is 0 Å². The van der Waals surface area contributed by atoms with Crippen LogP contribution in [0.1, 0.15) is 22.0 Å². The molecule has 2 heterocycles. The van der Waals surface area contributed by atoms with Crippen LogP contribution in [-0.2, 0) is 23.8 Å². The molecule has 3 rings (SSSR count). The summed E-state index contributed by atoms with van der Waals surface area (Å²) in [4.78, 5) is 45.4. The Bertz CT molecular complexity index is 1030. The average molecular weight is 383 g/mol. The molecule has 0 aliphatic heterocycles. The summed E-state index contributed by atoms with van der Waals surface area (Å²) >= 11 is 0. The Morgan fingerprint density at radius 2 is 1.57 bits per heavy atom. The lowest BCUT2D eigenvalue weighted by Gasteiger charge is -2.15. The highest BCUT2D eigenvalue weighted by atomic mass is 16.5. The molecule has 0 radical (unpaired) electrons. The molecule has 9 nitrogen and oxygen atoms in total. The molecule has 2 aromatic heterocycles. The summed E-state index contributed by atoms with van der Waals surface area (Å²) in [6.07, 6.45) is 3.04. The molecular weight excluding hydrogens is 366 g/mol. The maximum absolute atomic E-state index is 12.4. The maximum Gasteiger partial charge on any atom is 0.338 e. The highest BCUT2D eigenvalue weighted by molar-refractivity contribution is 6.07. The number of fused-ring (bicyclic) bond motifs is 1. The topological polar surface area (TPSA) is 110 Å². The molecule has 0 aliphatic carbocycles. The number of aromatic nitrogens is 3. The van der Waals surface area contributed by atoms with Gasteiger partial charge in [0.1, 0.15) is 0 Å². The lowest BCUT2D eigenvalue weighted by atomic mass is 10.0. The second-order valence-corrected chi connectivity index (χ2v) is 5.66. The van der Waals surface area contributed by atoms with Crippen molar-refractivity contribution in [3.8, 4) is 5.95 Å². The molecule has 9 heteroatoms. The van der Waals surface area contributed by atoms with Gasteiger partial charge in [0.25, 0.3) is 0 Å². The predicted molar refractivity (Wildman–Crippen MR) is 97.0 cm³/mol. The van der Waals surface area contributed by atoms with E-state index < -0.39 is 23.8 Å². The second kappa shape index (κ2) is 7.87. The van der Waals surface area contributed by atoms with Gasteiger partial charge in [0.2, 0.25) is 5.95 Å². The smallest absolute Gasteiger partial charge is 0.338 e. The summed E-state index contributed by atoms with van der Waals surface area (Å²) in [5.74, 6) is -3.36. The van der Waals surface area contributed by atoms with Gasteiger partial charge < -0.3 is 14.2 Å². The number of hydrogen-bond donors (Lipinski definition) is 0. The van der Waals surface area contributed by atoms with Crippen molar-refractivity contribution in [1.29, 1.82) is 0 Å². The summed E-state index contributed by atoms with van der Waals surface area (Å²) in [5.41, 5.74) is 0.988. The minimum Gasteiger partial charge on any atom is -0.468 e. The molecule has 28 heavy (non-hydrogen) atoms. The van der Waals surface area contributed by atoms with Gasteiger partial charge in [-0.15, -0.1) is 0 Å². The molecule has 0 bridgehead atoms. The zero-order valence-electron chi connectivity index (χ0n) is 15.4. The normalized spacial score (nSPS) is 10.7. The third-order valence-electron chi connectivity index (χ3n) is 4.20. The van der Waals surface area contributed by atoms with E-state index in [1.165, 1.54) is 44.4 Å². The van der Waals surface area contributed by atoms with Crippen molar-refractivity contribution in [2.75, 3.05) is 21.3 Å². The quantitative estimate of drug-likeness (QED) is 0.371. The average Bonchev–Trinajstić information content (AvgIpc) is 3.12. The van der Waals surface area contributed by atoms with E-state index in [-0.39, 0.29) is 17.2 Å². The van der Waals surface area contributed by atoms with Gasteiger partial charge in [-0.25, -0.2) is 14.8 Å². The number of carbonyl (C=O) groups excluding carboxylic acids is 3. The fraction of sp³-hybridized carbons (Fsp3) is 0.211. The Hall–Kier alpha value is -3.75. The van der Waals surface area contributed by atoms with Crippen LogP contribution in [0.2, 0.25) is 0 Å². The first-order valence-corrected chi connectivity index (χ1v) is 8.19. The van der Waals surface area contributed by atoms with Crippen molar-refractivity contribution in [3.63, 3.8) is 0 Å². The molecule has 0 saturated carbocycles. The zero-order chi connectivity index (χ0) is 20.3. The molecular formula is C19H17N3O6. The first-order valence-electron chi connectivity index (χ1n) is 8.19. The minimum atomic E-state index is -1.39. The van der Waals surface area contributed by atoms with Crippen LogP contribution in [0.3, 0.4) is 0 Å². The number of ether oxygens (including phenoxy) is 3. The van der Waals surface area contributed by atoms with E-state index in [1.807, 2.05) is 0 Å². The minimum absolute atomic E-state index is 0.205. The molecule has 0 amide bonds.